The van der Waals surface area contributed by atoms with Crippen molar-refractivity contribution in [1.82, 2.24) is 20.0 Å². The summed E-state index contributed by atoms with van der Waals surface area (Å²) in [6, 6.07) is 8.64. The lowest BCUT2D eigenvalue weighted by Crippen LogP contribution is -2.60. The summed E-state index contributed by atoms with van der Waals surface area (Å²) in [5.74, 6) is 0.681. The Hall–Kier alpha value is -3.28. The van der Waals surface area contributed by atoms with Crippen molar-refractivity contribution >= 4 is 30.3 Å². The molecule has 1 unspecified atom stereocenters. The number of hydrogen-bond donors (Lipinski definition) is 4. The smallest absolute Gasteiger partial charge is 0.242 e. The molecule has 0 bridgehead atoms. The third kappa shape index (κ3) is 9.60. The van der Waals surface area contributed by atoms with E-state index in [1.807, 2.05) is 17.0 Å². The Balaban J connectivity index is 0.00000153. The molecule has 0 saturated carbocycles. The molecule has 11 heteroatoms. The van der Waals surface area contributed by atoms with Crippen LogP contribution in [0.25, 0.3) is 0 Å². The van der Waals surface area contributed by atoms with Crippen LogP contribution in [0, 0.1) is 0 Å². The lowest BCUT2D eigenvalue weighted by Gasteiger charge is -2.42. The number of carbonyl (C=O) groups is 3. The van der Waals surface area contributed by atoms with Crippen molar-refractivity contribution in [2.75, 3.05) is 32.7 Å². The minimum atomic E-state index is -0.894. The van der Waals surface area contributed by atoms with E-state index in [1.54, 1.807) is 26.1 Å². The molecule has 2 aliphatic heterocycles. The maximum Gasteiger partial charge on any atom is 0.242 e. The van der Waals surface area contributed by atoms with E-state index in [-0.39, 0.29) is 18.4 Å². The monoisotopic (exact) mass is 514 g/mol. The number of piperidine rings is 1. The zero-order valence-electron chi connectivity index (χ0n) is 22.2. The van der Waals surface area contributed by atoms with Crippen LogP contribution in [-0.4, -0.2) is 89.6 Å². The molecule has 0 spiro atoms. The maximum atomic E-state index is 12.6. The Kier molecular flexibility index (Phi) is 11.7. The number of nitrogens with one attached hydrogen (secondary N) is 1. The van der Waals surface area contributed by atoms with Gasteiger partial charge >= 0.3 is 0 Å². The zero-order chi connectivity index (χ0) is 27.4. The number of benzene rings is 1. The first-order valence-corrected chi connectivity index (χ1v) is 12.6. The number of nitrogens with two attached hydrogens (primary N) is 3. The predicted octanol–water partition coefficient (Wildman–Crippen LogP) is 0.271. The van der Waals surface area contributed by atoms with Crippen LogP contribution in [0.3, 0.4) is 0 Å². The molecule has 3 amide bonds. The van der Waals surface area contributed by atoms with Gasteiger partial charge in [0.25, 0.3) is 0 Å². The van der Waals surface area contributed by atoms with Crippen molar-refractivity contribution in [3.63, 3.8) is 0 Å². The molecule has 37 heavy (non-hydrogen) atoms. The van der Waals surface area contributed by atoms with Crippen LogP contribution < -0.4 is 22.5 Å². The van der Waals surface area contributed by atoms with Gasteiger partial charge in [-0.05, 0) is 70.5 Å². The first-order valence-electron chi connectivity index (χ1n) is 12.6. The van der Waals surface area contributed by atoms with E-state index >= 15 is 0 Å². The number of rotatable bonds is 7. The quantitative estimate of drug-likeness (QED) is 0.230. The van der Waals surface area contributed by atoms with Crippen molar-refractivity contribution in [2.24, 2.45) is 22.2 Å². The van der Waals surface area contributed by atoms with Crippen LogP contribution in [0.15, 0.2) is 41.5 Å². The Labute approximate surface area is 219 Å². The van der Waals surface area contributed by atoms with Crippen LogP contribution in [-0.2, 0) is 20.9 Å². The number of carbonyl (C=O) groups excluding carboxylic acids is 3. The summed E-state index contributed by atoms with van der Waals surface area (Å²) in [5.41, 5.74) is 17.4. The molecular formula is C26H42N8O3. The maximum absolute atomic E-state index is 12.6. The molecule has 11 nitrogen and oxygen atoms in total. The number of likely N-dealkylation sites (tertiary alicyclic amines) is 1. The Morgan fingerprint density at radius 2 is 1.76 bits per heavy atom. The Morgan fingerprint density at radius 3 is 2.30 bits per heavy atom. The fraction of sp³-hybridized carbons (Fsp3) is 0.538. The number of piperazine rings is 1. The van der Waals surface area contributed by atoms with Gasteiger partial charge in [0, 0.05) is 44.5 Å². The average molecular weight is 515 g/mol. The highest BCUT2D eigenvalue weighted by atomic mass is 16.2. The molecule has 2 heterocycles. The first-order chi connectivity index (χ1) is 17.6. The molecule has 2 aliphatic rings. The summed E-state index contributed by atoms with van der Waals surface area (Å²) in [5, 5.41) is 2.56. The van der Waals surface area contributed by atoms with Gasteiger partial charge in [0.1, 0.15) is 5.84 Å². The lowest BCUT2D eigenvalue weighted by atomic mass is 10.0. The highest BCUT2D eigenvalue weighted by Crippen LogP contribution is 2.20. The van der Waals surface area contributed by atoms with Crippen molar-refractivity contribution in [2.45, 2.75) is 57.8 Å². The van der Waals surface area contributed by atoms with Crippen LogP contribution >= 0.6 is 0 Å². The number of amidine groups is 1. The second kappa shape index (κ2) is 14.5. The topological polar surface area (TPSA) is 163 Å². The van der Waals surface area contributed by atoms with E-state index in [0.29, 0.717) is 32.1 Å². The number of aliphatic imine (C=N–C) groups is 1. The molecule has 7 N–H and O–H groups in total. The highest BCUT2D eigenvalue weighted by molar-refractivity contribution is 5.95. The zero-order valence-corrected chi connectivity index (χ0v) is 22.2. The van der Waals surface area contributed by atoms with Gasteiger partial charge in [-0.2, -0.15) is 0 Å². The van der Waals surface area contributed by atoms with Crippen LogP contribution in [0.1, 0.15) is 39.2 Å². The van der Waals surface area contributed by atoms with E-state index < -0.39 is 5.54 Å². The van der Waals surface area contributed by atoms with Crippen LogP contribution in [0.4, 0.5) is 5.69 Å². The van der Waals surface area contributed by atoms with Gasteiger partial charge in [-0.3, -0.25) is 19.3 Å². The first kappa shape index (κ1) is 29.9. The van der Waals surface area contributed by atoms with E-state index in [2.05, 4.69) is 39.9 Å². The summed E-state index contributed by atoms with van der Waals surface area (Å²) in [7, 11) is 0. The number of nitrogens with zero attached hydrogens (tertiary/aromatic N) is 4. The molecule has 1 atom stereocenters. The Morgan fingerprint density at radius 1 is 1.14 bits per heavy atom. The number of hydrogen-bond acceptors (Lipinski definition) is 7. The predicted molar refractivity (Wildman–Crippen MR) is 146 cm³/mol. The summed E-state index contributed by atoms with van der Waals surface area (Å²) in [4.78, 5) is 43.2. The van der Waals surface area contributed by atoms with Gasteiger partial charge in [-0.1, -0.05) is 12.1 Å². The fourth-order valence-electron chi connectivity index (χ4n) is 4.43. The second-order valence-electron chi connectivity index (χ2n) is 10.0. The molecular weight excluding hydrogens is 472 g/mol. The second-order valence-corrected chi connectivity index (χ2v) is 10.0. The van der Waals surface area contributed by atoms with Crippen molar-refractivity contribution in [1.29, 1.82) is 0 Å². The number of amides is 3. The van der Waals surface area contributed by atoms with E-state index in [0.717, 1.165) is 44.0 Å². The molecule has 0 aliphatic carbocycles. The standard InChI is InChI=1S/C25H39N7O2.CH3NO/c1-19-16-31(24(34)25(2,3)27)14-15-32(19)23(8-11-28-18-33)29-22-6-4-20(5-7-22)17-30-12-9-21(26)10-13-30;2-1-3/h4-8,11,18-19,21H,9-10,12-17,26-27H2,1-3H3,(H,28,33);1H,(H2,2,3)/b11-8-,29-23?;. The van der Waals surface area contributed by atoms with E-state index in [9.17, 15) is 9.59 Å². The molecule has 204 valence electrons. The number of primary amides is 1. The minimum absolute atomic E-state index is 0.0458. The molecule has 1 aromatic rings. The van der Waals surface area contributed by atoms with Crippen LogP contribution in [0.5, 0.6) is 0 Å². The summed E-state index contributed by atoms with van der Waals surface area (Å²) in [6.07, 6.45) is 6.34. The third-order valence-electron chi connectivity index (χ3n) is 6.38. The van der Waals surface area contributed by atoms with Crippen molar-refractivity contribution in [3.8, 4) is 0 Å². The normalized spacial score (nSPS) is 19.8. The summed E-state index contributed by atoms with van der Waals surface area (Å²) < 4.78 is 0. The van der Waals surface area contributed by atoms with Gasteiger partial charge in [-0.15, -0.1) is 0 Å². The van der Waals surface area contributed by atoms with Gasteiger partial charge < -0.3 is 32.3 Å². The highest BCUT2D eigenvalue weighted by Gasteiger charge is 2.33. The molecule has 2 fully saturated rings. The summed E-state index contributed by atoms with van der Waals surface area (Å²) >= 11 is 0. The molecule has 2 saturated heterocycles. The van der Waals surface area contributed by atoms with Gasteiger partial charge in [0.05, 0.1) is 11.2 Å². The van der Waals surface area contributed by atoms with Gasteiger partial charge in [0.15, 0.2) is 0 Å². The third-order valence-corrected chi connectivity index (χ3v) is 6.38. The molecule has 3 rings (SSSR count). The fourth-order valence-corrected chi connectivity index (χ4v) is 4.43. The molecule has 0 aromatic heterocycles. The summed E-state index contributed by atoms with van der Waals surface area (Å²) in [6.45, 7) is 10.3. The van der Waals surface area contributed by atoms with Crippen molar-refractivity contribution in [3.05, 3.63) is 42.1 Å². The SMILES string of the molecule is CC1CN(C(=O)C(C)(C)N)CCN1C(/C=C\NC=O)=Nc1ccc(CN2CCC(N)CC2)cc1.NC=O. The molecule has 1 aromatic carbocycles. The largest absolute Gasteiger partial charge is 0.372 e. The Bertz CT molecular complexity index is 934. The van der Waals surface area contributed by atoms with Gasteiger partial charge in [0.2, 0.25) is 18.7 Å². The molecule has 0 radical (unpaired) electrons. The van der Waals surface area contributed by atoms with Crippen molar-refractivity contribution < 1.29 is 14.4 Å². The van der Waals surface area contributed by atoms with Gasteiger partial charge in [-0.25, -0.2) is 4.99 Å². The van der Waals surface area contributed by atoms with E-state index in [4.69, 9.17) is 21.3 Å². The van der Waals surface area contributed by atoms with E-state index in [1.165, 1.54) is 5.56 Å². The average Bonchev–Trinajstić information content (AvgIpc) is 2.85. The lowest BCUT2D eigenvalue weighted by molar-refractivity contribution is -0.138. The van der Waals surface area contributed by atoms with Crippen LogP contribution in [0.2, 0.25) is 0 Å². The minimum Gasteiger partial charge on any atom is -0.372 e.